The molecule has 0 aliphatic heterocycles. The molecular weight excluding hydrogens is 348 g/mol. The van der Waals surface area contributed by atoms with E-state index in [2.05, 4.69) is 10.3 Å². The molecule has 2 aromatic carbocycles. The van der Waals surface area contributed by atoms with E-state index in [0.717, 1.165) is 21.8 Å². The summed E-state index contributed by atoms with van der Waals surface area (Å²) < 4.78 is 0. The molecule has 1 atom stereocenters. The second-order valence-corrected chi connectivity index (χ2v) is 6.90. The summed E-state index contributed by atoms with van der Waals surface area (Å²) in [4.78, 5) is 15.3. The number of benzene rings is 2. The third-order valence-electron chi connectivity index (χ3n) is 4.02. The summed E-state index contributed by atoms with van der Waals surface area (Å²) in [6.07, 6.45) is 0. The molecule has 0 fully saturated rings. The molecule has 0 saturated heterocycles. The van der Waals surface area contributed by atoms with Gasteiger partial charge in [-0.15, -0.1) is 11.3 Å². The number of nitro groups is 1. The monoisotopic (exact) mass is 364 g/mol. The Hall–Kier alpha value is -3.24. The number of hydrogen-bond donors (Lipinski definition) is 1. The van der Waals surface area contributed by atoms with Gasteiger partial charge in [-0.1, -0.05) is 24.3 Å². The van der Waals surface area contributed by atoms with Gasteiger partial charge in [-0.2, -0.15) is 5.26 Å². The van der Waals surface area contributed by atoms with E-state index >= 15 is 0 Å². The number of aromatic nitrogens is 1. The van der Waals surface area contributed by atoms with Crippen molar-refractivity contribution in [1.29, 1.82) is 5.26 Å². The third kappa shape index (κ3) is 3.71. The Morgan fingerprint density at radius 3 is 2.58 bits per heavy atom. The second kappa shape index (κ2) is 7.33. The smallest absolute Gasteiger partial charge is 0.293 e. The SMILES string of the molecule is Cc1nc(-c2ccc([C@H](C)Nc3ccc(C#N)cc3[N+](=O)[O-])cc2)cs1. The Labute approximate surface area is 154 Å². The molecule has 3 aromatic rings. The van der Waals surface area contributed by atoms with E-state index in [1.807, 2.05) is 49.6 Å². The van der Waals surface area contributed by atoms with Gasteiger partial charge in [-0.05, 0) is 31.5 Å². The molecule has 7 heteroatoms. The van der Waals surface area contributed by atoms with Crippen LogP contribution in [0.25, 0.3) is 11.3 Å². The molecular formula is C19H16N4O2S. The summed E-state index contributed by atoms with van der Waals surface area (Å²) >= 11 is 1.61. The predicted octanol–water partition coefficient (Wildman–Crippen LogP) is 5.07. The number of nitriles is 1. The normalized spacial score (nSPS) is 11.6. The first-order valence-corrected chi connectivity index (χ1v) is 8.83. The summed E-state index contributed by atoms with van der Waals surface area (Å²) in [5.74, 6) is 0. The zero-order valence-electron chi connectivity index (χ0n) is 14.3. The maximum atomic E-state index is 11.3. The molecule has 26 heavy (non-hydrogen) atoms. The minimum absolute atomic E-state index is 0.106. The van der Waals surface area contributed by atoms with Gasteiger partial charge in [0.15, 0.2) is 0 Å². The molecule has 1 heterocycles. The highest BCUT2D eigenvalue weighted by Gasteiger charge is 2.17. The van der Waals surface area contributed by atoms with Crippen molar-refractivity contribution in [1.82, 2.24) is 4.98 Å². The van der Waals surface area contributed by atoms with E-state index in [1.165, 1.54) is 6.07 Å². The van der Waals surface area contributed by atoms with Crippen molar-refractivity contribution < 1.29 is 4.92 Å². The van der Waals surface area contributed by atoms with Crippen LogP contribution in [0, 0.1) is 28.4 Å². The molecule has 6 nitrogen and oxygen atoms in total. The molecule has 0 unspecified atom stereocenters. The van der Waals surface area contributed by atoms with Gasteiger partial charge in [0.05, 0.1) is 27.3 Å². The number of thiazole rings is 1. The van der Waals surface area contributed by atoms with Crippen LogP contribution >= 0.6 is 11.3 Å². The number of nitrogens with one attached hydrogen (secondary N) is 1. The summed E-state index contributed by atoms with van der Waals surface area (Å²) in [7, 11) is 0. The summed E-state index contributed by atoms with van der Waals surface area (Å²) in [6.45, 7) is 3.91. The molecule has 0 bridgehead atoms. The molecule has 0 saturated carbocycles. The zero-order valence-corrected chi connectivity index (χ0v) is 15.1. The molecule has 0 radical (unpaired) electrons. The number of aryl methyl sites for hydroxylation is 1. The molecule has 130 valence electrons. The lowest BCUT2D eigenvalue weighted by Gasteiger charge is -2.16. The Morgan fingerprint density at radius 2 is 2.00 bits per heavy atom. The summed E-state index contributed by atoms with van der Waals surface area (Å²) in [5.41, 5.74) is 3.53. The van der Waals surface area contributed by atoms with Gasteiger partial charge in [0.25, 0.3) is 5.69 Å². The molecule has 0 amide bonds. The quantitative estimate of drug-likeness (QED) is 0.504. The Kier molecular flexibility index (Phi) is 4.96. The molecule has 3 rings (SSSR count). The van der Waals surface area contributed by atoms with E-state index in [-0.39, 0.29) is 17.3 Å². The van der Waals surface area contributed by atoms with E-state index in [1.54, 1.807) is 23.5 Å². The van der Waals surface area contributed by atoms with Crippen LogP contribution < -0.4 is 5.32 Å². The molecule has 0 aliphatic carbocycles. The van der Waals surface area contributed by atoms with Crippen LogP contribution in [0.2, 0.25) is 0 Å². The van der Waals surface area contributed by atoms with E-state index < -0.39 is 4.92 Å². The van der Waals surface area contributed by atoms with Crippen molar-refractivity contribution in [2.75, 3.05) is 5.32 Å². The van der Waals surface area contributed by atoms with Crippen molar-refractivity contribution in [3.05, 3.63) is 74.1 Å². The van der Waals surface area contributed by atoms with Gasteiger partial charge in [0.1, 0.15) is 5.69 Å². The van der Waals surface area contributed by atoms with E-state index in [0.29, 0.717) is 5.69 Å². The fourth-order valence-corrected chi connectivity index (χ4v) is 3.25. The van der Waals surface area contributed by atoms with E-state index in [9.17, 15) is 10.1 Å². The van der Waals surface area contributed by atoms with Gasteiger partial charge >= 0.3 is 0 Å². The van der Waals surface area contributed by atoms with Gasteiger partial charge in [0.2, 0.25) is 0 Å². The maximum Gasteiger partial charge on any atom is 0.293 e. The van der Waals surface area contributed by atoms with Crippen molar-refractivity contribution in [2.24, 2.45) is 0 Å². The van der Waals surface area contributed by atoms with Gasteiger partial charge in [-0.3, -0.25) is 10.1 Å². The largest absolute Gasteiger partial charge is 0.373 e. The van der Waals surface area contributed by atoms with Crippen LogP contribution in [-0.2, 0) is 0 Å². The van der Waals surface area contributed by atoms with Gasteiger partial charge < -0.3 is 5.32 Å². The van der Waals surface area contributed by atoms with Crippen LogP contribution in [-0.4, -0.2) is 9.91 Å². The Bertz CT molecular complexity index is 990. The highest BCUT2D eigenvalue weighted by molar-refractivity contribution is 7.09. The number of anilines is 1. The first kappa shape index (κ1) is 17.6. The fourth-order valence-electron chi connectivity index (χ4n) is 2.63. The van der Waals surface area contributed by atoms with Crippen molar-refractivity contribution in [3.63, 3.8) is 0 Å². The van der Waals surface area contributed by atoms with Crippen LogP contribution in [0.4, 0.5) is 11.4 Å². The standard InChI is InChI=1S/C19H16N4O2S/c1-12(21-17-8-3-14(10-20)9-19(17)23(24)25)15-4-6-16(7-5-15)18-11-26-13(2)22-18/h3-9,11-12,21H,1-2H3/t12-/m0/s1. The van der Waals surface area contributed by atoms with Crippen LogP contribution in [0.5, 0.6) is 0 Å². The summed E-state index contributed by atoms with van der Waals surface area (Å²) in [5, 5.41) is 26.4. The van der Waals surface area contributed by atoms with Crippen LogP contribution in [0.1, 0.15) is 29.1 Å². The topological polar surface area (TPSA) is 91.8 Å². The second-order valence-electron chi connectivity index (χ2n) is 5.84. The lowest BCUT2D eigenvalue weighted by Crippen LogP contribution is -2.08. The number of nitro benzene ring substituents is 1. The highest BCUT2D eigenvalue weighted by atomic mass is 32.1. The lowest BCUT2D eigenvalue weighted by atomic mass is 10.0. The molecule has 1 N–H and O–H groups in total. The number of hydrogen-bond acceptors (Lipinski definition) is 6. The summed E-state index contributed by atoms with van der Waals surface area (Å²) in [6, 6.07) is 14.2. The van der Waals surface area contributed by atoms with Crippen LogP contribution in [0.15, 0.2) is 47.8 Å². The first-order valence-electron chi connectivity index (χ1n) is 7.95. The first-order chi connectivity index (χ1) is 12.5. The average Bonchev–Trinajstić information content (AvgIpc) is 3.08. The average molecular weight is 364 g/mol. The van der Waals surface area contributed by atoms with Gasteiger partial charge in [-0.25, -0.2) is 4.98 Å². The third-order valence-corrected chi connectivity index (χ3v) is 4.79. The number of nitrogens with zero attached hydrogens (tertiary/aromatic N) is 3. The van der Waals surface area contributed by atoms with E-state index in [4.69, 9.17) is 5.26 Å². The van der Waals surface area contributed by atoms with Crippen molar-refractivity contribution in [3.8, 4) is 17.3 Å². The number of rotatable bonds is 5. The predicted molar refractivity (Wildman–Crippen MR) is 102 cm³/mol. The highest BCUT2D eigenvalue weighted by Crippen LogP contribution is 2.30. The zero-order chi connectivity index (χ0) is 18.7. The van der Waals surface area contributed by atoms with Gasteiger partial charge in [0, 0.05) is 23.1 Å². The van der Waals surface area contributed by atoms with Crippen molar-refractivity contribution in [2.45, 2.75) is 19.9 Å². The van der Waals surface area contributed by atoms with Crippen LogP contribution in [0.3, 0.4) is 0 Å². The van der Waals surface area contributed by atoms with Crippen molar-refractivity contribution >= 4 is 22.7 Å². The minimum atomic E-state index is -0.483. The molecule has 0 aliphatic rings. The molecule has 0 spiro atoms. The molecule has 1 aromatic heterocycles. The minimum Gasteiger partial charge on any atom is -0.373 e. The Balaban J connectivity index is 1.81. The lowest BCUT2D eigenvalue weighted by molar-refractivity contribution is -0.384. The maximum absolute atomic E-state index is 11.3. The fraction of sp³-hybridized carbons (Fsp3) is 0.158. The Morgan fingerprint density at radius 1 is 1.27 bits per heavy atom.